The summed E-state index contributed by atoms with van der Waals surface area (Å²) in [6.45, 7) is 0. The van der Waals surface area contributed by atoms with Gasteiger partial charge in [0, 0.05) is 6.07 Å². The number of methoxy groups -OCH3 is 2. The highest BCUT2D eigenvalue weighted by atomic mass is 19.1. The summed E-state index contributed by atoms with van der Waals surface area (Å²) in [5, 5.41) is 2.96. The van der Waals surface area contributed by atoms with E-state index in [1.807, 2.05) is 0 Å². The van der Waals surface area contributed by atoms with E-state index < -0.39 is 5.41 Å². The molecule has 0 aromatic heterocycles. The van der Waals surface area contributed by atoms with Gasteiger partial charge in [-0.2, -0.15) is 0 Å². The maximum Gasteiger partial charge on any atom is 0.235 e. The minimum absolute atomic E-state index is 0.0937. The average molecular weight is 329 g/mol. The molecule has 1 aliphatic carbocycles. The average Bonchev–Trinajstić information content (AvgIpc) is 2.56. The van der Waals surface area contributed by atoms with Gasteiger partial charge in [0.25, 0.3) is 0 Å². The highest BCUT2D eigenvalue weighted by Gasteiger charge is 2.45. The van der Waals surface area contributed by atoms with E-state index in [1.54, 1.807) is 44.6 Å². The summed E-state index contributed by atoms with van der Waals surface area (Å²) in [4.78, 5) is 12.9. The number of carbonyl (C=O) groups excluding carboxylic acids is 1. The first-order chi connectivity index (χ1) is 11.6. The van der Waals surface area contributed by atoms with E-state index in [9.17, 15) is 9.18 Å². The van der Waals surface area contributed by atoms with Crippen molar-refractivity contribution in [1.29, 1.82) is 0 Å². The van der Waals surface area contributed by atoms with Gasteiger partial charge in [-0.3, -0.25) is 4.79 Å². The SMILES string of the molecule is COc1ccc(NC(=O)C2(c3ccc(F)cc3)CCC2)c(OC)c1. The molecular formula is C19H20FNO3. The van der Waals surface area contributed by atoms with Crippen LogP contribution in [0.2, 0.25) is 0 Å². The van der Waals surface area contributed by atoms with Crippen molar-refractivity contribution in [3.63, 3.8) is 0 Å². The van der Waals surface area contributed by atoms with Crippen molar-refractivity contribution < 1.29 is 18.7 Å². The minimum atomic E-state index is -0.599. The second-order valence-electron chi connectivity index (χ2n) is 5.96. The molecule has 3 rings (SSSR count). The van der Waals surface area contributed by atoms with E-state index in [2.05, 4.69) is 5.32 Å². The highest BCUT2D eigenvalue weighted by Crippen LogP contribution is 2.45. The lowest BCUT2D eigenvalue weighted by Crippen LogP contribution is -2.46. The summed E-state index contributed by atoms with van der Waals surface area (Å²) in [5.41, 5.74) is 0.843. The lowest BCUT2D eigenvalue weighted by Gasteiger charge is -2.40. The maximum atomic E-state index is 13.2. The summed E-state index contributed by atoms with van der Waals surface area (Å²) in [5.74, 6) is 0.798. The number of amides is 1. The summed E-state index contributed by atoms with van der Waals surface area (Å²) in [6.07, 6.45) is 2.48. The fraction of sp³-hybridized carbons (Fsp3) is 0.316. The first-order valence-electron chi connectivity index (χ1n) is 7.88. The van der Waals surface area contributed by atoms with Crippen LogP contribution in [0.25, 0.3) is 0 Å². The van der Waals surface area contributed by atoms with Crippen LogP contribution < -0.4 is 14.8 Å². The van der Waals surface area contributed by atoms with E-state index in [0.717, 1.165) is 24.8 Å². The standard InChI is InChI=1S/C19H20FNO3/c1-23-15-8-9-16(17(12-15)24-2)21-18(22)19(10-3-11-19)13-4-6-14(20)7-5-13/h4-9,12H,3,10-11H2,1-2H3,(H,21,22). The van der Waals surface area contributed by atoms with Gasteiger partial charge in [-0.15, -0.1) is 0 Å². The molecule has 1 aliphatic rings. The van der Waals surface area contributed by atoms with Crippen LogP contribution in [0.15, 0.2) is 42.5 Å². The Morgan fingerprint density at radius 3 is 2.33 bits per heavy atom. The topological polar surface area (TPSA) is 47.6 Å². The van der Waals surface area contributed by atoms with Crippen molar-refractivity contribution >= 4 is 11.6 Å². The molecule has 24 heavy (non-hydrogen) atoms. The zero-order valence-electron chi connectivity index (χ0n) is 13.8. The largest absolute Gasteiger partial charge is 0.497 e. The Bertz CT molecular complexity index is 739. The number of anilines is 1. The van der Waals surface area contributed by atoms with Gasteiger partial charge in [0.05, 0.1) is 25.3 Å². The van der Waals surface area contributed by atoms with Crippen LogP contribution in [-0.2, 0) is 10.2 Å². The molecule has 0 heterocycles. The molecule has 0 bridgehead atoms. The summed E-state index contributed by atoms with van der Waals surface area (Å²) in [6, 6.07) is 11.4. The molecule has 4 nitrogen and oxygen atoms in total. The quantitative estimate of drug-likeness (QED) is 0.905. The number of benzene rings is 2. The van der Waals surface area contributed by atoms with Crippen LogP contribution >= 0.6 is 0 Å². The van der Waals surface area contributed by atoms with E-state index >= 15 is 0 Å². The molecule has 126 valence electrons. The first-order valence-corrected chi connectivity index (χ1v) is 7.88. The second kappa shape index (κ2) is 6.51. The predicted octanol–water partition coefficient (Wildman–Crippen LogP) is 3.90. The van der Waals surface area contributed by atoms with Crippen LogP contribution in [0.1, 0.15) is 24.8 Å². The zero-order chi connectivity index (χ0) is 17.2. The first kappa shape index (κ1) is 16.3. The smallest absolute Gasteiger partial charge is 0.235 e. The Hall–Kier alpha value is -2.56. The zero-order valence-corrected chi connectivity index (χ0v) is 13.8. The minimum Gasteiger partial charge on any atom is -0.497 e. The molecule has 0 spiro atoms. The lowest BCUT2D eigenvalue weighted by molar-refractivity contribution is -0.124. The van der Waals surface area contributed by atoms with Gasteiger partial charge in [-0.25, -0.2) is 4.39 Å². The number of carbonyl (C=O) groups is 1. The van der Waals surface area contributed by atoms with Crippen LogP contribution in [0, 0.1) is 5.82 Å². The van der Waals surface area contributed by atoms with Crippen LogP contribution in [-0.4, -0.2) is 20.1 Å². The van der Waals surface area contributed by atoms with E-state index in [1.165, 1.54) is 12.1 Å². The Kier molecular flexibility index (Phi) is 4.42. The van der Waals surface area contributed by atoms with Crippen molar-refractivity contribution in [3.8, 4) is 11.5 Å². The molecule has 5 heteroatoms. The Morgan fingerprint density at radius 1 is 1.08 bits per heavy atom. The lowest BCUT2D eigenvalue weighted by atomic mass is 9.64. The monoisotopic (exact) mass is 329 g/mol. The molecule has 0 unspecified atom stereocenters. The molecule has 1 N–H and O–H groups in total. The summed E-state index contributed by atoms with van der Waals surface area (Å²) < 4.78 is 23.7. The van der Waals surface area contributed by atoms with Gasteiger partial charge in [0.1, 0.15) is 17.3 Å². The van der Waals surface area contributed by atoms with E-state index in [-0.39, 0.29) is 11.7 Å². The molecule has 0 aliphatic heterocycles. The van der Waals surface area contributed by atoms with E-state index in [0.29, 0.717) is 17.2 Å². The van der Waals surface area contributed by atoms with Crippen molar-refractivity contribution in [2.45, 2.75) is 24.7 Å². The molecule has 0 atom stereocenters. The van der Waals surface area contributed by atoms with Gasteiger partial charge < -0.3 is 14.8 Å². The molecule has 1 fully saturated rings. The Morgan fingerprint density at radius 2 is 1.79 bits per heavy atom. The molecule has 0 saturated heterocycles. The Balaban J connectivity index is 1.87. The van der Waals surface area contributed by atoms with Crippen molar-refractivity contribution in [2.24, 2.45) is 0 Å². The van der Waals surface area contributed by atoms with Crippen molar-refractivity contribution in [3.05, 3.63) is 53.8 Å². The summed E-state index contributed by atoms with van der Waals surface area (Å²) in [7, 11) is 3.12. The van der Waals surface area contributed by atoms with Crippen LogP contribution in [0.3, 0.4) is 0 Å². The van der Waals surface area contributed by atoms with Crippen molar-refractivity contribution in [1.82, 2.24) is 0 Å². The third kappa shape index (κ3) is 2.82. The predicted molar refractivity (Wildman–Crippen MR) is 90.1 cm³/mol. The number of nitrogens with one attached hydrogen (secondary N) is 1. The third-order valence-corrected chi connectivity index (χ3v) is 4.70. The molecular weight excluding hydrogens is 309 g/mol. The highest BCUT2D eigenvalue weighted by molar-refractivity contribution is 6.01. The van der Waals surface area contributed by atoms with Crippen molar-refractivity contribution in [2.75, 3.05) is 19.5 Å². The van der Waals surface area contributed by atoms with Gasteiger partial charge in [-0.1, -0.05) is 18.6 Å². The molecule has 0 radical (unpaired) electrons. The van der Waals surface area contributed by atoms with E-state index in [4.69, 9.17) is 9.47 Å². The Labute approximate surface area is 140 Å². The third-order valence-electron chi connectivity index (χ3n) is 4.70. The maximum absolute atomic E-state index is 13.2. The number of rotatable bonds is 5. The fourth-order valence-corrected chi connectivity index (χ4v) is 3.09. The number of halogens is 1. The van der Waals surface area contributed by atoms with Gasteiger partial charge in [0.15, 0.2) is 0 Å². The second-order valence-corrected chi connectivity index (χ2v) is 5.96. The van der Waals surface area contributed by atoms with Gasteiger partial charge >= 0.3 is 0 Å². The number of ether oxygens (including phenoxy) is 2. The molecule has 1 amide bonds. The van der Waals surface area contributed by atoms with Crippen LogP contribution in [0.5, 0.6) is 11.5 Å². The molecule has 2 aromatic carbocycles. The fourth-order valence-electron chi connectivity index (χ4n) is 3.09. The number of hydrogen-bond acceptors (Lipinski definition) is 3. The number of hydrogen-bond donors (Lipinski definition) is 1. The molecule has 2 aromatic rings. The van der Waals surface area contributed by atoms with Crippen LogP contribution in [0.4, 0.5) is 10.1 Å². The normalized spacial score (nSPS) is 15.3. The van der Waals surface area contributed by atoms with Gasteiger partial charge in [-0.05, 0) is 42.7 Å². The molecule has 1 saturated carbocycles. The van der Waals surface area contributed by atoms with Gasteiger partial charge in [0.2, 0.25) is 5.91 Å². The summed E-state index contributed by atoms with van der Waals surface area (Å²) >= 11 is 0.